The van der Waals surface area contributed by atoms with Gasteiger partial charge in [0, 0.05) is 6.07 Å². The summed E-state index contributed by atoms with van der Waals surface area (Å²) in [6, 6.07) is 3.39. The van der Waals surface area contributed by atoms with Crippen LogP contribution in [0.3, 0.4) is 0 Å². The Labute approximate surface area is 121 Å². The molecule has 1 heterocycles. The van der Waals surface area contributed by atoms with Gasteiger partial charge in [0.25, 0.3) is 0 Å². The highest BCUT2D eigenvalue weighted by molar-refractivity contribution is 9.10. The molecule has 0 saturated heterocycles. The average Bonchev–Trinajstić information content (AvgIpc) is 2.82. The molecule has 0 atom stereocenters. The van der Waals surface area contributed by atoms with Crippen LogP contribution in [-0.2, 0) is 11.3 Å². The zero-order valence-electron chi connectivity index (χ0n) is 10.4. The lowest BCUT2D eigenvalue weighted by Gasteiger charge is -2.09. The SMILES string of the molecule is COC(=O)c1cc(NCc2occc2Br)c(F)cc1F. The Morgan fingerprint density at radius 2 is 2.15 bits per heavy atom. The molecule has 0 amide bonds. The van der Waals surface area contributed by atoms with Gasteiger partial charge in [0.15, 0.2) is 0 Å². The normalized spacial score (nSPS) is 10.4. The van der Waals surface area contributed by atoms with Crippen molar-refractivity contribution in [3.63, 3.8) is 0 Å². The van der Waals surface area contributed by atoms with E-state index >= 15 is 0 Å². The molecule has 0 unspecified atom stereocenters. The van der Waals surface area contributed by atoms with E-state index in [1.54, 1.807) is 6.07 Å². The first-order valence-corrected chi connectivity index (χ1v) is 6.35. The highest BCUT2D eigenvalue weighted by atomic mass is 79.9. The third-order valence-corrected chi connectivity index (χ3v) is 3.30. The summed E-state index contributed by atoms with van der Waals surface area (Å²) < 4.78 is 37.4. The number of carbonyl (C=O) groups is 1. The van der Waals surface area contributed by atoms with Crippen molar-refractivity contribution in [2.24, 2.45) is 0 Å². The molecule has 0 bridgehead atoms. The second-order valence-electron chi connectivity index (χ2n) is 3.85. The lowest BCUT2D eigenvalue weighted by molar-refractivity contribution is 0.0595. The van der Waals surface area contributed by atoms with Crippen LogP contribution in [0.4, 0.5) is 14.5 Å². The smallest absolute Gasteiger partial charge is 0.340 e. The highest BCUT2D eigenvalue weighted by Crippen LogP contribution is 2.23. The van der Waals surface area contributed by atoms with Crippen molar-refractivity contribution in [1.82, 2.24) is 0 Å². The molecule has 1 N–H and O–H groups in total. The summed E-state index contributed by atoms with van der Waals surface area (Å²) in [5.74, 6) is -2.10. The van der Waals surface area contributed by atoms with Crippen molar-refractivity contribution in [2.45, 2.75) is 6.54 Å². The van der Waals surface area contributed by atoms with Gasteiger partial charge in [0.2, 0.25) is 0 Å². The maximum absolute atomic E-state index is 13.6. The van der Waals surface area contributed by atoms with Crippen LogP contribution in [0.1, 0.15) is 16.1 Å². The van der Waals surface area contributed by atoms with Gasteiger partial charge in [-0.05, 0) is 28.1 Å². The maximum atomic E-state index is 13.6. The van der Waals surface area contributed by atoms with E-state index < -0.39 is 17.6 Å². The lowest BCUT2D eigenvalue weighted by Crippen LogP contribution is -2.08. The summed E-state index contributed by atoms with van der Waals surface area (Å²) in [5.41, 5.74) is -0.356. The van der Waals surface area contributed by atoms with Crippen molar-refractivity contribution in [1.29, 1.82) is 0 Å². The molecule has 0 radical (unpaired) electrons. The molecule has 7 heteroatoms. The number of anilines is 1. The molecule has 20 heavy (non-hydrogen) atoms. The van der Waals surface area contributed by atoms with Crippen LogP contribution in [0.15, 0.2) is 33.4 Å². The van der Waals surface area contributed by atoms with Crippen molar-refractivity contribution in [2.75, 3.05) is 12.4 Å². The molecule has 0 aliphatic heterocycles. The number of benzene rings is 1. The van der Waals surface area contributed by atoms with Crippen LogP contribution in [0.5, 0.6) is 0 Å². The second kappa shape index (κ2) is 6.04. The number of methoxy groups -OCH3 is 1. The van der Waals surface area contributed by atoms with Crippen LogP contribution < -0.4 is 5.32 Å². The molecule has 2 aromatic rings. The standard InChI is InChI=1S/C13H10BrF2NO3/c1-19-13(18)7-4-11(10(16)5-9(7)15)17-6-12-8(14)2-3-20-12/h2-5,17H,6H2,1H3. The number of ether oxygens (including phenoxy) is 1. The van der Waals surface area contributed by atoms with Gasteiger partial charge in [-0.3, -0.25) is 0 Å². The second-order valence-corrected chi connectivity index (χ2v) is 4.70. The third-order valence-electron chi connectivity index (χ3n) is 2.59. The topological polar surface area (TPSA) is 51.5 Å². The number of carbonyl (C=O) groups excluding carboxylic acids is 1. The molecule has 0 saturated carbocycles. The van der Waals surface area contributed by atoms with E-state index in [0.29, 0.717) is 11.8 Å². The van der Waals surface area contributed by atoms with Crippen molar-refractivity contribution in [3.05, 3.63) is 51.9 Å². The predicted molar refractivity (Wildman–Crippen MR) is 71.4 cm³/mol. The van der Waals surface area contributed by atoms with Gasteiger partial charge >= 0.3 is 5.97 Å². The number of esters is 1. The van der Waals surface area contributed by atoms with Crippen molar-refractivity contribution in [3.8, 4) is 0 Å². The molecule has 0 aliphatic rings. The molecular weight excluding hydrogens is 336 g/mol. The molecule has 1 aromatic carbocycles. The van der Waals surface area contributed by atoms with Crippen LogP contribution in [-0.4, -0.2) is 13.1 Å². The number of furan rings is 1. The van der Waals surface area contributed by atoms with Gasteiger partial charge < -0.3 is 14.5 Å². The van der Waals surface area contributed by atoms with Crippen LogP contribution in [0, 0.1) is 11.6 Å². The number of nitrogens with one attached hydrogen (secondary N) is 1. The van der Waals surface area contributed by atoms with Gasteiger partial charge in [-0.15, -0.1) is 0 Å². The quantitative estimate of drug-likeness (QED) is 0.858. The summed E-state index contributed by atoms with van der Waals surface area (Å²) in [6.07, 6.45) is 1.47. The highest BCUT2D eigenvalue weighted by Gasteiger charge is 2.16. The first kappa shape index (κ1) is 14.5. The Bertz CT molecular complexity index is 643. The minimum atomic E-state index is -0.973. The summed E-state index contributed by atoms with van der Waals surface area (Å²) in [5, 5.41) is 2.73. The average molecular weight is 346 g/mol. The Hall–Kier alpha value is -1.89. The maximum Gasteiger partial charge on any atom is 0.340 e. The van der Waals surface area contributed by atoms with Crippen molar-refractivity contribution < 1.29 is 22.7 Å². The van der Waals surface area contributed by atoms with E-state index in [4.69, 9.17) is 4.42 Å². The number of halogens is 3. The van der Waals surface area contributed by atoms with E-state index in [1.807, 2.05) is 0 Å². The minimum Gasteiger partial charge on any atom is -0.466 e. The number of hydrogen-bond donors (Lipinski definition) is 1. The molecule has 0 spiro atoms. The lowest BCUT2D eigenvalue weighted by atomic mass is 10.1. The first-order chi connectivity index (χ1) is 9.52. The molecule has 0 aliphatic carbocycles. The zero-order valence-corrected chi connectivity index (χ0v) is 12.0. The predicted octanol–water partition coefficient (Wildman–Crippen LogP) is 3.72. The van der Waals surface area contributed by atoms with Crippen molar-refractivity contribution >= 4 is 27.6 Å². The summed E-state index contributed by atoms with van der Waals surface area (Å²) in [7, 11) is 1.12. The first-order valence-electron chi connectivity index (χ1n) is 5.56. The Morgan fingerprint density at radius 3 is 2.75 bits per heavy atom. The number of rotatable bonds is 4. The van der Waals surface area contributed by atoms with Gasteiger partial charge in [0.1, 0.15) is 17.4 Å². The molecule has 106 valence electrons. The molecule has 4 nitrogen and oxygen atoms in total. The van der Waals surface area contributed by atoms with Crippen LogP contribution in [0.2, 0.25) is 0 Å². The van der Waals surface area contributed by atoms with E-state index in [2.05, 4.69) is 26.0 Å². The summed E-state index contributed by atoms with van der Waals surface area (Å²) >= 11 is 3.26. The third kappa shape index (κ3) is 2.98. The Kier molecular flexibility index (Phi) is 4.39. The molecule has 2 rings (SSSR count). The fourth-order valence-electron chi connectivity index (χ4n) is 1.58. The number of hydrogen-bond acceptors (Lipinski definition) is 4. The van der Waals surface area contributed by atoms with E-state index in [-0.39, 0.29) is 17.8 Å². The van der Waals surface area contributed by atoms with E-state index in [9.17, 15) is 13.6 Å². The van der Waals surface area contributed by atoms with Gasteiger partial charge in [0.05, 0.1) is 35.6 Å². The Morgan fingerprint density at radius 1 is 1.40 bits per heavy atom. The van der Waals surface area contributed by atoms with Crippen LogP contribution >= 0.6 is 15.9 Å². The molecule has 1 aromatic heterocycles. The zero-order chi connectivity index (χ0) is 14.7. The fourth-order valence-corrected chi connectivity index (χ4v) is 1.92. The largest absolute Gasteiger partial charge is 0.466 e. The monoisotopic (exact) mass is 345 g/mol. The van der Waals surface area contributed by atoms with Gasteiger partial charge in [-0.2, -0.15) is 0 Å². The van der Waals surface area contributed by atoms with E-state index in [1.165, 1.54) is 6.26 Å². The summed E-state index contributed by atoms with van der Waals surface area (Å²) in [6.45, 7) is 0.177. The van der Waals surface area contributed by atoms with E-state index in [0.717, 1.165) is 17.6 Å². The fraction of sp³-hybridized carbons (Fsp3) is 0.154. The Balaban J connectivity index is 2.23. The van der Waals surface area contributed by atoms with Crippen LogP contribution in [0.25, 0.3) is 0 Å². The molecule has 0 fully saturated rings. The molecular formula is C13H10BrF2NO3. The summed E-state index contributed by atoms with van der Waals surface area (Å²) in [4.78, 5) is 11.3. The van der Waals surface area contributed by atoms with Gasteiger partial charge in [-0.25, -0.2) is 13.6 Å². The van der Waals surface area contributed by atoms with Gasteiger partial charge in [-0.1, -0.05) is 0 Å². The minimum absolute atomic E-state index is 0.0184.